The number of methoxy groups -OCH3 is 1. The van der Waals surface area contributed by atoms with Crippen molar-refractivity contribution in [1.29, 1.82) is 0 Å². The summed E-state index contributed by atoms with van der Waals surface area (Å²) in [6, 6.07) is 0. The van der Waals surface area contributed by atoms with E-state index in [0.717, 1.165) is 13.0 Å². The molecule has 0 spiro atoms. The Hall–Kier alpha value is -0.240. The van der Waals surface area contributed by atoms with Crippen molar-refractivity contribution in [2.24, 2.45) is 5.73 Å². The van der Waals surface area contributed by atoms with Crippen molar-refractivity contribution in [2.75, 3.05) is 73.1 Å². The van der Waals surface area contributed by atoms with E-state index in [2.05, 4.69) is 0 Å². The molecule has 0 aliphatic carbocycles. The molecule has 0 radical (unpaired) electrons. The topological polar surface area (TPSA) is 72.2 Å². The highest BCUT2D eigenvalue weighted by Gasteiger charge is 1.92. The van der Waals surface area contributed by atoms with Gasteiger partial charge in [-0.25, -0.2) is 0 Å². The molecule has 0 heterocycles. The zero-order valence-electron chi connectivity index (χ0n) is 11.4. The molecule has 0 aliphatic heterocycles. The Kier molecular flexibility index (Phi) is 16.5. The van der Waals surface area contributed by atoms with E-state index in [1.165, 1.54) is 0 Å². The van der Waals surface area contributed by atoms with E-state index in [1.807, 2.05) is 0 Å². The van der Waals surface area contributed by atoms with Crippen LogP contribution in [-0.2, 0) is 23.7 Å². The third kappa shape index (κ3) is 15.8. The lowest BCUT2D eigenvalue weighted by molar-refractivity contribution is -0.00269. The van der Waals surface area contributed by atoms with Crippen molar-refractivity contribution >= 4 is 0 Å². The zero-order chi connectivity index (χ0) is 13.3. The fourth-order valence-corrected chi connectivity index (χ4v) is 1.15. The summed E-state index contributed by atoms with van der Waals surface area (Å²) in [5.74, 6) is 0. The molecule has 18 heavy (non-hydrogen) atoms. The summed E-state index contributed by atoms with van der Waals surface area (Å²) >= 11 is 0. The minimum Gasteiger partial charge on any atom is -0.385 e. The second kappa shape index (κ2) is 16.8. The molecule has 0 saturated carbocycles. The number of hydrogen-bond donors (Lipinski definition) is 1. The lowest BCUT2D eigenvalue weighted by Gasteiger charge is -2.07. The SMILES string of the molecule is COCCCOCCOCCOCCOCCN. The molecule has 0 aliphatic rings. The van der Waals surface area contributed by atoms with Crippen LogP contribution >= 0.6 is 0 Å². The Morgan fingerprint density at radius 3 is 1.50 bits per heavy atom. The first-order valence-corrected chi connectivity index (χ1v) is 6.41. The van der Waals surface area contributed by atoms with Crippen LogP contribution in [0, 0.1) is 0 Å². The molecule has 0 saturated heterocycles. The van der Waals surface area contributed by atoms with Crippen LogP contribution in [0.25, 0.3) is 0 Å². The van der Waals surface area contributed by atoms with Crippen molar-refractivity contribution in [2.45, 2.75) is 6.42 Å². The molecular weight excluding hydrogens is 238 g/mol. The molecule has 0 unspecified atom stereocenters. The van der Waals surface area contributed by atoms with E-state index in [1.54, 1.807) is 7.11 Å². The molecule has 0 aromatic rings. The maximum Gasteiger partial charge on any atom is 0.0701 e. The quantitative estimate of drug-likeness (QED) is 0.422. The molecule has 0 bridgehead atoms. The fourth-order valence-electron chi connectivity index (χ4n) is 1.15. The van der Waals surface area contributed by atoms with Gasteiger partial charge in [-0.3, -0.25) is 0 Å². The lowest BCUT2D eigenvalue weighted by atomic mass is 10.5. The molecule has 2 N–H and O–H groups in total. The van der Waals surface area contributed by atoms with E-state index >= 15 is 0 Å². The molecule has 0 aromatic carbocycles. The van der Waals surface area contributed by atoms with Crippen molar-refractivity contribution in [3.63, 3.8) is 0 Å². The van der Waals surface area contributed by atoms with Crippen LogP contribution in [0.15, 0.2) is 0 Å². The Morgan fingerprint density at radius 1 is 0.611 bits per heavy atom. The Morgan fingerprint density at radius 2 is 1.06 bits per heavy atom. The monoisotopic (exact) mass is 265 g/mol. The average molecular weight is 265 g/mol. The van der Waals surface area contributed by atoms with Gasteiger partial charge in [0, 0.05) is 26.9 Å². The van der Waals surface area contributed by atoms with Crippen LogP contribution in [0.2, 0.25) is 0 Å². The van der Waals surface area contributed by atoms with Gasteiger partial charge in [0.05, 0.1) is 46.2 Å². The van der Waals surface area contributed by atoms with Crippen LogP contribution in [0.3, 0.4) is 0 Å². The van der Waals surface area contributed by atoms with Crippen molar-refractivity contribution in [3.8, 4) is 0 Å². The summed E-state index contributed by atoms with van der Waals surface area (Å²) in [6.07, 6.45) is 0.919. The highest BCUT2D eigenvalue weighted by molar-refractivity contribution is 4.37. The van der Waals surface area contributed by atoms with Gasteiger partial charge in [-0.1, -0.05) is 0 Å². The third-order valence-electron chi connectivity index (χ3n) is 2.02. The summed E-state index contributed by atoms with van der Waals surface area (Å²) in [4.78, 5) is 0. The van der Waals surface area contributed by atoms with E-state index in [-0.39, 0.29) is 0 Å². The summed E-state index contributed by atoms with van der Waals surface area (Å²) < 4.78 is 26.0. The number of nitrogens with two attached hydrogens (primary N) is 1. The van der Waals surface area contributed by atoms with E-state index in [4.69, 9.17) is 29.4 Å². The lowest BCUT2D eigenvalue weighted by Crippen LogP contribution is -2.14. The highest BCUT2D eigenvalue weighted by Crippen LogP contribution is 1.85. The molecule has 0 atom stereocenters. The van der Waals surface area contributed by atoms with Gasteiger partial charge in [-0.05, 0) is 6.42 Å². The molecule has 0 amide bonds. The molecule has 6 heteroatoms. The molecule has 6 nitrogen and oxygen atoms in total. The van der Waals surface area contributed by atoms with Crippen molar-refractivity contribution < 1.29 is 23.7 Å². The molecular formula is C12H27NO5. The van der Waals surface area contributed by atoms with Crippen LogP contribution in [0.5, 0.6) is 0 Å². The predicted octanol–water partition coefficient (Wildman–Crippen LogP) is 0.0480. The van der Waals surface area contributed by atoms with Gasteiger partial charge < -0.3 is 29.4 Å². The van der Waals surface area contributed by atoms with Gasteiger partial charge in [0.2, 0.25) is 0 Å². The van der Waals surface area contributed by atoms with Gasteiger partial charge >= 0.3 is 0 Å². The fraction of sp³-hybridized carbons (Fsp3) is 1.00. The van der Waals surface area contributed by atoms with Crippen molar-refractivity contribution in [1.82, 2.24) is 0 Å². The number of rotatable bonds is 15. The maximum atomic E-state index is 5.33. The largest absolute Gasteiger partial charge is 0.385 e. The third-order valence-corrected chi connectivity index (χ3v) is 2.02. The van der Waals surface area contributed by atoms with Crippen LogP contribution in [-0.4, -0.2) is 73.1 Å². The van der Waals surface area contributed by atoms with E-state index in [0.29, 0.717) is 59.4 Å². The molecule has 0 rings (SSSR count). The second-order valence-electron chi connectivity index (χ2n) is 3.58. The van der Waals surface area contributed by atoms with Crippen LogP contribution < -0.4 is 5.73 Å². The van der Waals surface area contributed by atoms with Crippen molar-refractivity contribution in [3.05, 3.63) is 0 Å². The first kappa shape index (κ1) is 17.8. The van der Waals surface area contributed by atoms with Gasteiger partial charge in [0.1, 0.15) is 0 Å². The Bertz CT molecular complexity index is 132. The van der Waals surface area contributed by atoms with Gasteiger partial charge in [0.15, 0.2) is 0 Å². The zero-order valence-corrected chi connectivity index (χ0v) is 11.4. The summed E-state index contributed by atoms with van der Waals surface area (Å²) in [7, 11) is 1.68. The highest BCUT2D eigenvalue weighted by atomic mass is 16.6. The van der Waals surface area contributed by atoms with Gasteiger partial charge in [-0.2, -0.15) is 0 Å². The predicted molar refractivity (Wildman–Crippen MR) is 68.8 cm³/mol. The summed E-state index contributed by atoms with van der Waals surface area (Å²) in [5.41, 5.74) is 5.27. The first-order valence-electron chi connectivity index (χ1n) is 6.41. The maximum absolute atomic E-state index is 5.33. The Balaban J connectivity index is 2.86. The number of ether oxygens (including phenoxy) is 5. The number of hydrogen-bond acceptors (Lipinski definition) is 6. The van der Waals surface area contributed by atoms with Crippen LogP contribution in [0.1, 0.15) is 6.42 Å². The standard InChI is InChI=1S/C12H27NO5/c1-14-4-2-5-15-7-9-17-11-12-18-10-8-16-6-3-13/h2-13H2,1H3. The minimum atomic E-state index is 0.549. The normalized spacial score (nSPS) is 11.0. The summed E-state index contributed by atoms with van der Waals surface area (Å²) in [6.45, 7) is 6.12. The second-order valence-corrected chi connectivity index (χ2v) is 3.58. The smallest absolute Gasteiger partial charge is 0.0701 e. The summed E-state index contributed by atoms with van der Waals surface area (Å²) in [5, 5.41) is 0. The van der Waals surface area contributed by atoms with Crippen LogP contribution in [0.4, 0.5) is 0 Å². The van der Waals surface area contributed by atoms with E-state index < -0.39 is 0 Å². The first-order chi connectivity index (χ1) is 8.91. The molecule has 110 valence electrons. The van der Waals surface area contributed by atoms with E-state index in [9.17, 15) is 0 Å². The van der Waals surface area contributed by atoms with Gasteiger partial charge in [-0.15, -0.1) is 0 Å². The molecule has 0 aromatic heterocycles. The minimum absolute atomic E-state index is 0.549. The molecule has 0 fully saturated rings. The van der Waals surface area contributed by atoms with Gasteiger partial charge in [0.25, 0.3) is 0 Å². The average Bonchev–Trinajstić information content (AvgIpc) is 2.39. The Labute approximate surface area is 110 Å².